The van der Waals surface area contributed by atoms with Gasteiger partial charge in [0.15, 0.2) is 0 Å². The Bertz CT molecular complexity index is 366. The van der Waals surface area contributed by atoms with Crippen LogP contribution < -0.4 is 0 Å². The van der Waals surface area contributed by atoms with E-state index in [4.69, 9.17) is 4.74 Å². The van der Waals surface area contributed by atoms with Gasteiger partial charge in [0.2, 0.25) is 5.91 Å². The molecule has 5 heteroatoms. The van der Waals surface area contributed by atoms with Crippen molar-refractivity contribution in [3.05, 3.63) is 12.2 Å². The van der Waals surface area contributed by atoms with Gasteiger partial charge in [0, 0.05) is 6.54 Å². The molecule has 0 aromatic rings. The van der Waals surface area contributed by atoms with E-state index in [9.17, 15) is 14.7 Å². The predicted molar refractivity (Wildman–Crippen MR) is 65.0 cm³/mol. The number of hydrogen-bond donors (Lipinski definition) is 1. The van der Waals surface area contributed by atoms with Crippen LogP contribution in [0.5, 0.6) is 0 Å². The average molecular weight is 253 g/mol. The molecule has 0 aromatic heterocycles. The highest BCUT2D eigenvalue weighted by Gasteiger charge is 2.38. The van der Waals surface area contributed by atoms with Crippen LogP contribution in [0.2, 0.25) is 0 Å². The Hall–Kier alpha value is -1.36. The van der Waals surface area contributed by atoms with E-state index < -0.39 is 17.8 Å². The summed E-state index contributed by atoms with van der Waals surface area (Å²) in [5.74, 6) is -1.92. The van der Waals surface area contributed by atoms with Crippen LogP contribution in [0.15, 0.2) is 12.2 Å². The van der Waals surface area contributed by atoms with Gasteiger partial charge in [0.1, 0.15) is 0 Å². The molecule has 5 nitrogen and oxygen atoms in total. The van der Waals surface area contributed by atoms with Gasteiger partial charge in [-0.3, -0.25) is 9.59 Å². The molecule has 1 saturated heterocycles. The molecule has 0 aromatic carbocycles. The van der Waals surface area contributed by atoms with E-state index in [2.05, 4.69) is 0 Å². The normalized spacial score (nSPS) is 32.3. The number of nitrogens with zero attached hydrogens (tertiary/aromatic N) is 1. The van der Waals surface area contributed by atoms with Gasteiger partial charge in [-0.25, -0.2) is 0 Å². The number of aliphatic carboxylic acids is 1. The second kappa shape index (κ2) is 5.52. The van der Waals surface area contributed by atoms with Crippen LogP contribution >= 0.6 is 0 Å². The van der Waals surface area contributed by atoms with Crippen LogP contribution in [0.4, 0.5) is 0 Å². The molecule has 1 aliphatic heterocycles. The van der Waals surface area contributed by atoms with Crippen LogP contribution in [-0.4, -0.2) is 47.7 Å². The smallest absolute Gasteiger partial charge is 0.307 e. The Kier molecular flexibility index (Phi) is 4.01. The second-order valence-corrected chi connectivity index (χ2v) is 4.95. The van der Waals surface area contributed by atoms with Crippen molar-refractivity contribution in [1.29, 1.82) is 0 Å². The second-order valence-electron chi connectivity index (χ2n) is 4.95. The van der Waals surface area contributed by atoms with Crippen molar-refractivity contribution >= 4 is 11.9 Å². The lowest BCUT2D eigenvalue weighted by molar-refractivity contribution is -0.154. The van der Waals surface area contributed by atoms with Gasteiger partial charge in [0.25, 0.3) is 0 Å². The van der Waals surface area contributed by atoms with Crippen molar-refractivity contribution in [2.45, 2.75) is 25.8 Å². The van der Waals surface area contributed by atoms with Crippen molar-refractivity contribution in [3.63, 3.8) is 0 Å². The van der Waals surface area contributed by atoms with Crippen LogP contribution in [-0.2, 0) is 14.3 Å². The highest BCUT2D eigenvalue weighted by atomic mass is 16.5. The van der Waals surface area contributed by atoms with Crippen molar-refractivity contribution < 1.29 is 19.4 Å². The molecule has 100 valence electrons. The quantitative estimate of drug-likeness (QED) is 0.742. The third-order valence-electron chi connectivity index (χ3n) is 3.72. The molecule has 1 amide bonds. The molecule has 1 fully saturated rings. The number of amides is 1. The molecule has 2 aliphatic rings. The molecular weight excluding hydrogens is 234 g/mol. The van der Waals surface area contributed by atoms with Crippen LogP contribution in [0.1, 0.15) is 19.8 Å². The van der Waals surface area contributed by atoms with Crippen molar-refractivity contribution in [3.8, 4) is 0 Å². The average Bonchev–Trinajstić information content (AvgIpc) is 2.38. The summed E-state index contributed by atoms with van der Waals surface area (Å²) in [6.45, 7) is 3.57. The Balaban J connectivity index is 2.11. The molecule has 3 atom stereocenters. The summed E-state index contributed by atoms with van der Waals surface area (Å²) in [5.41, 5.74) is 0. The van der Waals surface area contributed by atoms with Crippen molar-refractivity contribution in [2.24, 2.45) is 11.8 Å². The summed E-state index contributed by atoms with van der Waals surface area (Å²) in [6.07, 6.45) is 4.74. The van der Waals surface area contributed by atoms with Gasteiger partial charge < -0.3 is 14.7 Å². The third-order valence-corrected chi connectivity index (χ3v) is 3.72. The topological polar surface area (TPSA) is 66.8 Å². The van der Waals surface area contributed by atoms with Crippen molar-refractivity contribution in [2.75, 3.05) is 19.8 Å². The molecular formula is C13H19NO4. The summed E-state index contributed by atoms with van der Waals surface area (Å²) in [7, 11) is 0. The fraction of sp³-hybridized carbons (Fsp3) is 0.692. The van der Waals surface area contributed by atoms with E-state index in [-0.39, 0.29) is 11.9 Å². The molecule has 1 heterocycles. The number of carbonyl (C=O) groups is 2. The highest BCUT2D eigenvalue weighted by Crippen LogP contribution is 2.28. The molecule has 18 heavy (non-hydrogen) atoms. The lowest BCUT2D eigenvalue weighted by atomic mass is 9.82. The predicted octanol–water partition coefficient (Wildman–Crippen LogP) is 0.901. The fourth-order valence-electron chi connectivity index (χ4n) is 2.63. The van der Waals surface area contributed by atoms with E-state index in [1.54, 1.807) is 4.90 Å². The van der Waals surface area contributed by atoms with Gasteiger partial charge >= 0.3 is 5.97 Å². The molecule has 2 unspecified atom stereocenters. The first-order valence-corrected chi connectivity index (χ1v) is 6.37. The molecule has 1 aliphatic carbocycles. The lowest BCUT2D eigenvalue weighted by Gasteiger charge is -2.37. The minimum absolute atomic E-state index is 0.0339. The third kappa shape index (κ3) is 2.56. The summed E-state index contributed by atoms with van der Waals surface area (Å²) in [6, 6.07) is 0.0339. The van der Waals surface area contributed by atoms with E-state index in [0.29, 0.717) is 32.6 Å². The molecule has 0 bridgehead atoms. The number of morpholine rings is 1. The summed E-state index contributed by atoms with van der Waals surface area (Å²) in [4.78, 5) is 25.4. The molecule has 1 N–H and O–H groups in total. The first-order valence-electron chi connectivity index (χ1n) is 6.37. The Labute approximate surface area is 106 Å². The zero-order valence-corrected chi connectivity index (χ0v) is 10.5. The minimum atomic E-state index is -0.876. The van der Waals surface area contributed by atoms with Crippen LogP contribution in [0, 0.1) is 11.8 Å². The maximum absolute atomic E-state index is 12.5. The number of ether oxygens (including phenoxy) is 1. The maximum Gasteiger partial charge on any atom is 0.307 e. The zero-order valence-electron chi connectivity index (χ0n) is 10.5. The molecule has 2 rings (SSSR count). The summed E-state index contributed by atoms with van der Waals surface area (Å²) < 4.78 is 5.30. The number of hydrogen-bond acceptors (Lipinski definition) is 3. The Morgan fingerprint density at radius 1 is 1.28 bits per heavy atom. The minimum Gasteiger partial charge on any atom is -0.481 e. The number of carboxylic acid groups (broad SMARTS) is 1. The molecule has 0 saturated carbocycles. The van der Waals surface area contributed by atoms with E-state index >= 15 is 0 Å². The Morgan fingerprint density at radius 3 is 2.56 bits per heavy atom. The Morgan fingerprint density at radius 2 is 1.94 bits per heavy atom. The van der Waals surface area contributed by atoms with Crippen LogP contribution in [0.3, 0.4) is 0 Å². The summed E-state index contributed by atoms with van der Waals surface area (Å²) >= 11 is 0. The van der Waals surface area contributed by atoms with Gasteiger partial charge in [-0.05, 0) is 19.8 Å². The largest absolute Gasteiger partial charge is 0.481 e. The van der Waals surface area contributed by atoms with E-state index in [1.807, 2.05) is 19.1 Å². The lowest BCUT2D eigenvalue weighted by Crippen LogP contribution is -2.51. The maximum atomic E-state index is 12.5. The van der Waals surface area contributed by atoms with E-state index in [0.717, 1.165) is 0 Å². The monoisotopic (exact) mass is 253 g/mol. The van der Waals surface area contributed by atoms with Gasteiger partial charge in [-0.1, -0.05) is 12.2 Å². The summed E-state index contributed by atoms with van der Waals surface area (Å²) in [5, 5.41) is 9.19. The SMILES string of the molecule is C[C@@H]1COCCN1C(=O)C1CC=CCC1C(=O)O. The van der Waals surface area contributed by atoms with E-state index in [1.165, 1.54) is 0 Å². The van der Waals surface area contributed by atoms with Gasteiger partial charge in [0.05, 0.1) is 31.1 Å². The standard InChI is InChI=1S/C13H19NO4/c1-9-8-18-7-6-14(9)12(15)10-4-2-3-5-11(10)13(16)17/h2-3,9-11H,4-8H2,1H3,(H,16,17)/t9-,10?,11?/m1/s1. The first-order chi connectivity index (χ1) is 8.61. The zero-order chi connectivity index (χ0) is 13.1. The number of carbonyl (C=O) groups excluding carboxylic acids is 1. The fourth-order valence-corrected chi connectivity index (χ4v) is 2.63. The first kappa shape index (κ1) is 13.1. The number of rotatable bonds is 2. The van der Waals surface area contributed by atoms with Crippen LogP contribution in [0.25, 0.3) is 0 Å². The molecule has 0 spiro atoms. The van der Waals surface area contributed by atoms with Gasteiger partial charge in [-0.2, -0.15) is 0 Å². The number of allylic oxidation sites excluding steroid dienone is 2. The van der Waals surface area contributed by atoms with Crippen molar-refractivity contribution in [1.82, 2.24) is 4.90 Å². The highest BCUT2D eigenvalue weighted by molar-refractivity contribution is 5.85. The molecule has 0 radical (unpaired) electrons. The number of carboxylic acids is 1. The van der Waals surface area contributed by atoms with Gasteiger partial charge in [-0.15, -0.1) is 0 Å².